The van der Waals surface area contributed by atoms with Crippen LogP contribution in [-0.4, -0.2) is 22.7 Å². The van der Waals surface area contributed by atoms with Crippen molar-refractivity contribution in [2.24, 2.45) is 0 Å². The summed E-state index contributed by atoms with van der Waals surface area (Å²) in [4.78, 5) is 4.01. The molecule has 0 amide bonds. The summed E-state index contributed by atoms with van der Waals surface area (Å²) < 4.78 is 21.0. The molecule has 0 radical (unpaired) electrons. The largest absolute Gasteiger partial charge is 0.493 e. The van der Waals surface area contributed by atoms with Gasteiger partial charge in [-0.3, -0.25) is 0 Å². The Balaban J connectivity index is 1.55. The molecule has 1 aliphatic heterocycles. The summed E-state index contributed by atoms with van der Waals surface area (Å²) in [5.74, 6) is 0.587. The normalized spacial score (nSPS) is 17.6. The van der Waals surface area contributed by atoms with Gasteiger partial charge in [0.25, 0.3) is 0 Å². The fourth-order valence-electron chi connectivity index (χ4n) is 2.53. The number of nitrogens with zero attached hydrogens (tertiary/aromatic N) is 2. The third-order valence-corrected chi connectivity index (χ3v) is 3.55. The monoisotopic (exact) mass is 275 g/mol. The van der Waals surface area contributed by atoms with E-state index < -0.39 is 0 Å². The van der Waals surface area contributed by atoms with Crippen LogP contribution in [0.3, 0.4) is 0 Å². The lowest BCUT2D eigenvalue weighted by atomic mass is 10.0. The first kappa shape index (κ1) is 13.1. The third kappa shape index (κ3) is 2.99. The van der Waals surface area contributed by atoms with Crippen molar-refractivity contribution in [3.05, 3.63) is 48.3 Å². The topological polar surface area (TPSA) is 39.1 Å². The van der Waals surface area contributed by atoms with Gasteiger partial charge in [-0.1, -0.05) is 0 Å². The summed E-state index contributed by atoms with van der Waals surface area (Å²) >= 11 is 0. The quantitative estimate of drug-likeness (QED) is 0.852. The molecule has 1 unspecified atom stereocenters. The van der Waals surface area contributed by atoms with Crippen LogP contribution in [0.5, 0.6) is 5.75 Å². The predicted molar refractivity (Wildman–Crippen MR) is 74.1 cm³/mol. The molecule has 0 fully saturated rings. The molecule has 0 aliphatic carbocycles. The molecule has 0 spiro atoms. The Morgan fingerprint density at radius 3 is 3.25 bits per heavy atom. The summed E-state index contributed by atoms with van der Waals surface area (Å²) in [6.07, 6.45) is 7.45. The standard InChI is InChI=1S/C15H18FN3O/c16-12-2-3-15-13(10-12)14(4-9-20-15)18-5-1-7-19-8-6-17-11-19/h2-3,6,8,10-11,14,18H,1,4-5,7,9H2. The second-order valence-corrected chi connectivity index (χ2v) is 4.98. The minimum absolute atomic E-state index is 0.178. The van der Waals surface area contributed by atoms with Crippen LogP contribution < -0.4 is 10.1 Å². The molecule has 2 aromatic rings. The number of rotatable bonds is 5. The Hall–Kier alpha value is -1.88. The van der Waals surface area contributed by atoms with Crippen molar-refractivity contribution in [1.82, 2.24) is 14.9 Å². The highest BCUT2D eigenvalue weighted by Crippen LogP contribution is 2.32. The minimum Gasteiger partial charge on any atom is -0.493 e. The molecule has 4 nitrogen and oxygen atoms in total. The van der Waals surface area contributed by atoms with Crippen LogP contribution in [0.25, 0.3) is 0 Å². The fourth-order valence-corrected chi connectivity index (χ4v) is 2.53. The number of imidazole rings is 1. The van der Waals surface area contributed by atoms with Crippen molar-refractivity contribution in [2.75, 3.05) is 13.2 Å². The van der Waals surface area contributed by atoms with Gasteiger partial charge in [-0.15, -0.1) is 0 Å². The number of aromatic nitrogens is 2. The zero-order valence-electron chi connectivity index (χ0n) is 11.3. The number of ether oxygens (including phenoxy) is 1. The van der Waals surface area contributed by atoms with Gasteiger partial charge in [-0.25, -0.2) is 9.37 Å². The Bertz CT molecular complexity index is 556. The first-order chi connectivity index (χ1) is 9.83. The zero-order chi connectivity index (χ0) is 13.8. The number of hydrogen-bond acceptors (Lipinski definition) is 3. The van der Waals surface area contributed by atoms with Gasteiger partial charge in [-0.05, 0) is 31.2 Å². The molecular weight excluding hydrogens is 257 g/mol. The van der Waals surface area contributed by atoms with Crippen LogP contribution in [-0.2, 0) is 6.54 Å². The van der Waals surface area contributed by atoms with E-state index in [-0.39, 0.29) is 11.9 Å². The maximum absolute atomic E-state index is 13.3. The molecule has 0 bridgehead atoms. The van der Waals surface area contributed by atoms with E-state index in [2.05, 4.69) is 14.9 Å². The maximum atomic E-state index is 13.3. The lowest BCUT2D eigenvalue weighted by molar-refractivity contribution is 0.251. The zero-order valence-corrected chi connectivity index (χ0v) is 11.3. The molecule has 3 rings (SSSR count). The van der Waals surface area contributed by atoms with Crippen molar-refractivity contribution in [1.29, 1.82) is 0 Å². The summed E-state index contributed by atoms with van der Waals surface area (Å²) in [6.45, 7) is 2.50. The highest BCUT2D eigenvalue weighted by molar-refractivity contribution is 5.37. The number of fused-ring (bicyclic) bond motifs is 1. The van der Waals surface area contributed by atoms with E-state index >= 15 is 0 Å². The summed E-state index contributed by atoms with van der Waals surface area (Å²) in [5.41, 5.74) is 0.930. The molecule has 0 saturated carbocycles. The highest BCUT2D eigenvalue weighted by Gasteiger charge is 2.21. The van der Waals surface area contributed by atoms with E-state index in [4.69, 9.17) is 4.74 Å². The molecule has 2 heterocycles. The first-order valence-corrected chi connectivity index (χ1v) is 6.94. The Morgan fingerprint density at radius 2 is 2.40 bits per heavy atom. The molecule has 20 heavy (non-hydrogen) atoms. The SMILES string of the molecule is Fc1ccc2c(c1)C(NCCCn1ccnc1)CCO2. The molecular formula is C15H18FN3O. The van der Waals surface area contributed by atoms with E-state index in [0.29, 0.717) is 6.61 Å². The number of hydrogen-bond donors (Lipinski definition) is 1. The van der Waals surface area contributed by atoms with Crippen LogP contribution in [0.2, 0.25) is 0 Å². The van der Waals surface area contributed by atoms with Crippen LogP contribution in [0.4, 0.5) is 4.39 Å². The summed E-state index contributed by atoms with van der Waals surface area (Å²) in [7, 11) is 0. The van der Waals surface area contributed by atoms with Gasteiger partial charge in [0.05, 0.1) is 12.9 Å². The number of halogens is 1. The van der Waals surface area contributed by atoms with Crippen LogP contribution in [0, 0.1) is 5.82 Å². The van der Waals surface area contributed by atoms with E-state index in [0.717, 1.165) is 37.2 Å². The van der Waals surface area contributed by atoms with Gasteiger partial charge in [0.1, 0.15) is 11.6 Å². The van der Waals surface area contributed by atoms with Crippen molar-refractivity contribution >= 4 is 0 Å². The number of nitrogens with one attached hydrogen (secondary N) is 1. The van der Waals surface area contributed by atoms with Crippen molar-refractivity contribution in [3.8, 4) is 5.75 Å². The second-order valence-electron chi connectivity index (χ2n) is 4.98. The summed E-state index contributed by atoms with van der Waals surface area (Å²) in [6, 6.07) is 4.91. The van der Waals surface area contributed by atoms with E-state index in [1.807, 2.05) is 12.5 Å². The molecule has 0 saturated heterocycles. The van der Waals surface area contributed by atoms with Gasteiger partial charge < -0.3 is 14.6 Å². The molecule has 1 aromatic heterocycles. The molecule has 1 aromatic carbocycles. The number of aryl methyl sites for hydroxylation is 1. The smallest absolute Gasteiger partial charge is 0.124 e. The van der Waals surface area contributed by atoms with Gasteiger partial charge >= 0.3 is 0 Å². The van der Waals surface area contributed by atoms with Crippen LogP contribution in [0.15, 0.2) is 36.9 Å². The highest BCUT2D eigenvalue weighted by atomic mass is 19.1. The predicted octanol–water partition coefficient (Wildman–Crippen LogP) is 2.53. The Kier molecular flexibility index (Phi) is 3.97. The molecule has 5 heteroatoms. The third-order valence-electron chi connectivity index (χ3n) is 3.55. The van der Waals surface area contributed by atoms with E-state index in [1.165, 1.54) is 6.07 Å². The molecule has 1 atom stereocenters. The van der Waals surface area contributed by atoms with E-state index in [1.54, 1.807) is 18.3 Å². The second kappa shape index (κ2) is 6.05. The molecule has 1 aliphatic rings. The van der Waals surface area contributed by atoms with Crippen molar-refractivity contribution in [3.63, 3.8) is 0 Å². The molecule has 1 N–H and O–H groups in total. The van der Waals surface area contributed by atoms with Crippen LogP contribution in [0.1, 0.15) is 24.4 Å². The van der Waals surface area contributed by atoms with Crippen molar-refractivity contribution < 1.29 is 9.13 Å². The first-order valence-electron chi connectivity index (χ1n) is 6.94. The van der Waals surface area contributed by atoms with Gasteiger partial charge in [0, 0.05) is 37.0 Å². The van der Waals surface area contributed by atoms with Crippen LogP contribution >= 0.6 is 0 Å². The fraction of sp³-hybridized carbons (Fsp3) is 0.400. The summed E-state index contributed by atoms with van der Waals surface area (Å²) in [5, 5.41) is 3.49. The maximum Gasteiger partial charge on any atom is 0.124 e. The Labute approximate surface area is 117 Å². The lowest BCUT2D eigenvalue weighted by Crippen LogP contribution is -2.28. The lowest BCUT2D eigenvalue weighted by Gasteiger charge is -2.26. The van der Waals surface area contributed by atoms with Crippen molar-refractivity contribution in [2.45, 2.75) is 25.4 Å². The van der Waals surface area contributed by atoms with Gasteiger partial charge in [0.15, 0.2) is 0 Å². The Morgan fingerprint density at radius 1 is 1.45 bits per heavy atom. The molecule has 106 valence electrons. The minimum atomic E-state index is -0.209. The number of benzene rings is 1. The van der Waals surface area contributed by atoms with E-state index in [9.17, 15) is 4.39 Å². The average molecular weight is 275 g/mol. The van der Waals surface area contributed by atoms with Gasteiger partial charge in [-0.2, -0.15) is 0 Å². The average Bonchev–Trinajstić information content (AvgIpc) is 2.97. The van der Waals surface area contributed by atoms with Gasteiger partial charge in [0.2, 0.25) is 0 Å².